The highest BCUT2D eigenvalue weighted by Crippen LogP contribution is 2.11. The van der Waals surface area contributed by atoms with E-state index < -0.39 is 0 Å². The number of benzene rings is 1. The summed E-state index contributed by atoms with van der Waals surface area (Å²) in [7, 11) is 0. The summed E-state index contributed by atoms with van der Waals surface area (Å²) in [4.78, 5) is 8.83. The summed E-state index contributed by atoms with van der Waals surface area (Å²) >= 11 is 0. The van der Waals surface area contributed by atoms with Crippen LogP contribution in [-0.4, -0.2) is 23.1 Å². The van der Waals surface area contributed by atoms with Crippen molar-refractivity contribution in [2.45, 2.75) is 39.5 Å². The third-order valence-corrected chi connectivity index (χ3v) is 3.58. The summed E-state index contributed by atoms with van der Waals surface area (Å²) in [6.45, 7) is 5.64. The van der Waals surface area contributed by atoms with Gasteiger partial charge < -0.3 is 10.6 Å². The van der Waals surface area contributed by atoms with Crippen LogP contribution in [0.5, 0.6) is 0 Å². The Kier molecular flexibility index (Phi) is 6.78. The molecule has 0 saturated heterocycles. The maximum atomic E-state index is 13.6. The molecular formula is C18H25FN4. The van der Waals surface area contributed by atoms with E-state index in [4.69, 9.17) is 0 Å². The first-order valence-electron chi connectivity index (χ1n) is 8.26. The summed E-state index contributed by atoms with van der Waals surface area (Å²) in [6.07, 6.45) is 4.15. The summed E-state index contributed by atoms with van der Waals surface area (Å²) in [5, 5.41) is 6.50. The van der Waals surface area contributed by atoms with Crippen molar-refractivity contribution in [3.63, 3.8) is 0 Å². The van der Waals surface area contributed by atoms with E-state index >= 15 is 0 Å². The van der Waals surface area contributed by atoms with Crippen LogP contribution in [0.25, 0.3) is 0 Å². The van der Waals surface area contributed by atoms with Crippen LogP contribution in [0.3, 0.4) is 0 Å². The molecule has 0 saturated carbocycles. The molecule has 5 heteroatoms. The Labute approximate surface area is 137 Å². The van der Waals surface area contributed by atoms with Crippen molar-refractivity contribution in [3.8, 4) is 0 Å². The second-order valence-electron chi connectivity index (χ2n) is 5.62. The van der Waals surface area contributed by atoms with Crippen LogP contribution in [0.1, 0.15) is 37.4 Å². The van der Waals surface area contributed by atoms with Gasteiger partial charge in [-0.25, -0.2) is 9.37 Å². The van der Waals surface area contributed by atoms with Gasteiger partial charge in [-0.1, -0.05) is 38.0 Å². The van der Waals surface area contributed by atoms with Crippen molar-refractivity contribution in [1.82, 2.24) is 9.97 Å². The van der Waals surface area contributed by atoms with Crippen molar-refractivity contribution in [2.75, 3.05) is 23.7 Å². The van der Waals surface area contributed by atoms with Crippen LogP contribution in [0.4, 0.5) is 16.2 Å². The van der Waals surface area contributed by atoms with Crippen LogP contribution in [0.15, 0.2) is 30.3 Å². The molecule has 0 spiro atoms. The van der Waals surface area contributed by atoms with E-state index in [0.29, 0.717) is 24.5 Å². The van der Waals surface area contributed by atoms with Gasteiger partial charge in [0.1, 0.15) is 11.6 Å². The van der Waals surface area contributed by atoms with E-state index in [2.05, 4.69) is 27.5 Å². The molecule has 4 nitrogen and oxygen atoms in total. The summed E-state index contributed by atoms with van der Waals surface area (Å²) in [6, 6.07) is 8.77. The predicted octanol–water partition coefficient (Wildman–Crippen LogP) is 4.18. The van der Waals surface area contributed by atoms with Gasteiger partial charge >= 0.3 is 0 Å². The number of hydrogen-bond acceptors (Lipinski definition) is 4. The Hall–Kier alpha value is -2.17. The van der Waals surface area contributed by atoms with Crippen LogP contribution in [0, 0.1) is 12.7 Å². The number of aromatic nitrogens is 2. The second-order valence-corrected chi connectivity index (χ2v) is 5.62. The van der Waals surface area contributed by atoms with Crippen molar-refractivity contribution in [1.29, 1.82) is 0 Å². The molecular weight excluding hydrogens is 291 g/mol. The maximum absolute atomic E-state index is 13.6. The smallest absolute Gasteiger partial charge is 0.224 e. The monoisotopic (exact) mass is 316 g/mol. The van der Waals surface area contributed by atoms with E-state index in [1.807, 2.05) is 19.1 Å². The largest absolute Gasteiger partial charge is 0.370 e. The molecule has 1 heterocycles. The van der Waals surface area contributed by atoms with Gasteiger partial charge in [-0.2, -0.15) is 4.98 Å². The van der Waals surface area contributed by atoms with Gasteiger partial charge in [0.05, 0.1) is 0 Å². The lowest BCUT2D eigenvalue weighted by atomic mass is 10.1. The average Bonchev–Trinajstić information content (AvgIpc) is 2.53. The Morgan fingerprint density at radius 2 is 1.87 bits per heavy atom. The first-order chi connectivity index (χ1) is 11.2. The number of hydrogen-bond donors (Lipinski definition) is 2. The minimum atomic E-state index is -0.169. The minimum Gasteiger partial charge on any atom is -0.370 e. The van der Waals surface area contributed by atoms with Gasteiger partial charge in [-0.05, 0) is 31.4 Å². The van der Waals surface area contributed by atoms with E-state index in [-0.39, 0.29) is 5.82 Å². The molecule has 2 N–H and O–H groups in total. The predicted molar refractivity (Wildman–Crippen MR) is 93.4 cm³/mol. The second kappa shape index (κ2) is 9.08. The molecule has 0 bridgehead atoms. The standard InChI is InChI=1S/C18H25FN4/c1-3-4-7-11-20-17-13-14(2)22-18(23-17)21-12-10-15-8-5-6-9-16(15)19/h5-6,8-9,13H,3-4,7,10-12H2,1-2H3,(H2,20,21,22,23). The van der Waals surface area contributed by atoms with Gasteiger partial charge in [0.25, 0.3) is 0 Å². The summed E-state index contributed by atoms with van der Waals surface area (Å²) < 4.78 is 13.6. The molecule has 2 rings (SSSR count). The van der Waals surface area contributed by atoms with Gasteiger partial charge in [0.2, 0.25) is 5.95 Å². The third-order valence-electron chi connectivity index (χ3n) is 3.58. The summed E-state index contributed by atoms with van der Waals surface area (Å²) in [5.74, 6) is 1.25. The highest BCUT2D eigenvalue weighted by atomic mass is 19.1. The topological polar surface area (TPSA) is 49.8 Å². The Bertz CT molecular complexity index is 616. The zero-order valence-electron chi connectivity index (χ0n) is 13.9. The molecule has 0 radical (unpaired) electrons. The molecule has 1 aromatic heterocycles. The molecule has 0 unspecified atom stereocenters. The highest BCUT2D eigenvalue weighted by molar-refractivity contribution is 5.42. The maximum Gasteiger partial charge on any atom is 0.224 e. The number of rotatable bonds is 9. The van der Waals surface area contributed by atoms with E-state index in [9.17, 15) is 4.39 Å². The molecule has 0 aliphatic heterocycles. The van der Waals surface area contributed by atoms with Crippen molar-refractivity contribution in [2.24, 2.45) is 0 Å². The average molecular weight is 316 g/mol. The molecule has 23 heavy (non-hydrogen) atoms. The Morgan fingerprint density at radius 1 is 1.04 bits per heavy atom. The van der Waals surface area contributed by atoms with Crippen molar-refractivity contribution < 1.29 is 4.39 Å². The lowest BCUT2D eigenvalue weighted by Gasteiger charge is -2.10. The van der Waals surface area contributed by atoms with Crippen LogP contribution in [0.2, 0.25) is 0 Å². The zero-order chi connectivity index (χ0) is 16.5. The quantitative estimate of drug-likeness (QED) is 0.681. The van der Waals surface area contributed by atoms with Crippen LogP contribution < -0.4 is 10.6 Å². The van der Waals surface area contributed by atoms with Gasteiger partial charge in [-0.15, -0.1) is 0 Å². The lowest BCUT2D eigenvalue weighted by molar-refractivity contribution is 0.610. The van der Waals surface area contributed by atoms with Crippen LogP contribution >= 0.6 is 0 Å². The SMILES string of the molecule is CCCCCNc1cc(C)nc(NCCc2ccccc2F)n1. The normalized spacial score (nSPS) is 10.6. The lowest BCUT2D eigenvalue weighted by Crippen LogP contribution is -2.11. The molecule has 0 amide bonds. The molecule has 1 aromatic carbocycles. The number of anilines is 2. The fourth-order valence-electron chi connectivity index (χ4n) is 2.34. The van der Waals surface area contributed by atoms with Crippen molar-refractivity contribution in [3.05, 3.63) is 47.4 Å². The van der Waals surface area contributed by atoms with Gasteiger partial charge in [0.15, 0.2) is 0 Å². The molecule has 0 aliphatic rings. The highest BCUT2D eigenvalue weighted by Gasteiger charge is 2.04. The number of nitrogens with one attached hydrogen (secondary N) is 2. The molecule has 2 aromatic rings. The molecule has 124 valence electrons. The first kappa shape index (κ1) is 17.2. The van der Waals surface area contributed by atoms with Crippen LogP contribution in [-0.2, 0) is 6.42 Å². The zero-order valence-corrected chi connectivity index (χ0v) is 13.9. The van der Waals surface area contributed by atoms with Gasteiger partial charge in [-0.3, -0.25) is 0 Å². The first-order valence-corrected chi connectivity index (χ1v) is 8.26. The molecule has 0 aliphatic carbocycles. The number of aryl methyl sites for hydroxylation is 1. The Morgan fingerprint density at radius 3 is 2.65 bits per heavy atom. The third kappa shape index (κ3) is 5.85. The summed E-state index contributed by atoms with van der Waals surface area (Å²) in [5.41, 5.74) is 1.61. The fraction of sp³-hybridized carbons (Fsp3) is 0.444. The Balaban J connectivity index is 1.87. The molecule has 0 fully saturated rings. The number of nitrogens with zero attached hydrogens (tertiary/aromatic N) is 2. The van der Waals surface area contributed by atoms with Crippen molar-refractivity contribution >= 4 is 11.8 Å². The van der Waals surface area contributed by atoms with E-state index in [0.717, 1.165) is 24.5 Å². The minimum absolute atomic E-state index is 0.169. The van der Waals surface area contributed by atoms with E-state index in [1.54, 1.807) is 12.1 Å². The number of halogens is 1. The van der Waals surface area contributed by atoms with Gasteiger partial charge in [0, 0.05) is 24.8 Å². The fourth-order valence-corrected chi connectivity index (χ4v) is 2.34. The molecule has 0 atom stereocenters. The number of unbranched alkanes of at least 4 members (excludes halogenated alkanes) is 2. The van der Waals surface area contributed by atoms with E-state index in [1.165, 1.54) is 18.9 Å².